The minimum Gasteiger partial charge on any atom is -0.484 e. The number of primary amides is 1. The molecule has 0 aliphatic rings. The van der Waals surface area contributed by atoms with Gasteiger partial charge in [-0.2, -0.15) is 0 Å². The zero-order chi connectivity index (χ0) is 21.8. The Hall–Kier alpha value is -4.39. The number of amides is 2. The van der Waals surface area contributed by atoms with E-state index in [9.17, 15) is 14.4 Å². The summed E-state index contributed by atoms with van der Waals surface area (Å²) in [6.07, 6.45) is 1.42. The third-order valence-electron chi connectivity index (χ3n) is 4.65. The van der Waals surface area contributed by atoms with Crippen LogP contribution in [0, 0.1) is 0 Å². The van der Waals surface area contributed by atoms with Gasteiger partial charge in [0.05, 0.1) is 10.9 Å². The first-order valence-electron chi connectivity index (χ1n) is 9.45. The Morgan fingerprint density at radius 3 is 2.42 bits per heavy atom. The molecule has 0 aliphatic heterocycles. The van der Waals surface area contributed by atoms with E-state index in [2.05, 4.69) is 5.32 Å². The van der Waals surface area contributed by atoms with E-state index < -0.39 is 5.91 Å². The summed E-state index contributed by atoms with van der Waals surface area (Å²) in [4.78, 5) is 36.0. The second-order valence-electron chi connectivity index (χ2n) is 6.78. The van der Waals surface area contributed by atoms with E-state index >= 15 is 0 Å². The topological polar surface area (TPSA) is 112 Å². The molecule has 0 atom stereocenters. The number of fused-ring (bicyclic) bond motifs is 1. The Labute approximate surface area is 177 Å². The molecule has 0 fully saturated rings. The third-order valence-corrected chi connectivity index (χ3v) is 4.65. The fourth-order valence-electron chi connectivity index (χ4n) is 3.08. The van der Waals surface area contributed by atoms with Crippen LogP contribution < -0.4 is 21.2 Å². The summed E-state index contributed by atoms with van der Waals surface area (Å²) in [6, 6.07) is 20.3. The number of hydrogen-bond donors (Lipinski definition) is 2. The second-order valence-corrected chi connectivity index (χ2v) is 6.78. The highest BCUT2D eigenvalue weighted by molar-refractivity contribution is 5.95. The second kappa shape index (κ2) is 8.54. The molecule has 4 rings (SSSR count). The van der Waals surface area contributed by atoms with Crippen LogP contribution in [0.5, 0.6) is 5.75 Å². The lowest BCUT2D eigenvalue weighted by Gasteiger charge is -2.09. The van der Waals surface area contributed by atoms with E-state index in [0.717, 1.165) is 5.56 Å². The number of benzene rings is 3. The molecule has 0 saturated heterocycles. The number of ether oxygens (including phenoxy) is 1. The van der Waals surface area contributed by atoms with Crippen LogP contribution >= 0.6 is 0 Å². The maximum atomic E-state index is 12.8. The van der Waals surface area contributed by atoms with Gasteiger partial charge < -0.3 is 20.2 Å². The van der Waals surface area contributed by atoms with Gasteiger partial charge in [-0.1, -0.05) is 30.3 Å². The number of nitrogens with one attached hydrogen (secondary N) is 1. The van der Waals surface area contributed by atoms with E-state index in [1.54, 1.807) is 30.3 Å². The lowest BCUT2D eigenvalue weighted by molar-refractivity contribution is -0.118. The van der Waals surface area contributed by atoms with Crippen LogP contribution in [0.15, 0.2) is 88.3 Å². The molecular formula is C24H18N2O5. The Morgan fingerprint density at radius 2 is 1.71 bits per heavy atom. The molecule has 1 heterocycles. The minimum atomic E-state index is -0.542. The van der Waals surface area contributed by atoms with Crippen LogP contribution in [0.25, 0.3) is 22.1 Å². The van der Waals surface area contributed by atoms with Gasteiger partial charge in [0.25, 0.3) is 5.91 Å². The van der Waals surface area contributed by atoms with E-state index in [-0.39, 0.29) is 17.9 Å². The van der Waals surface area contributed by atoms with Crippen LogP contribution in [0.1, 0.15) is 10.4 Å². The highest BCUT2D eigenvalue weighted by Crippen LogP contribution is 2.23. The van der Waals surface area contributed by atoms with Gasteiger partial charge in [-0.3, -0.25) is 14.4 Å². The predicted octanol–water partition coefficient (Wildman–Crippen LogP) is 3.58. The Morgan fingerprint density at radius 1 is 0.968 bits per heavy atom. The molecule has 0 bridgehead atoms. The highest BCUT2D eigenvalue weighted by atomic mass is 16.5. The van der Waals surface area contributed by atoms with Gasteiger partial charge in [-0.15, -0.1) is 0 Å². The average Bonchev–Trinajstić information content (AvgIpc) is 2.79. The summed E-state index contributed by atoms with van der Waals surface area (Å²) >= 11 is 0. The smallest absolute Gasteiger partial charge is 0.262 e. The molecular weight excluding hydrogens is 396 g/mol. The van der Waals surface area contributed by atoms with Crippen LogP contribution in [0.3, 0.4) is 0 Å². The molecule has 7 nitrogen and oxygen atoms in total. The van der Waals surface area contributed by atoms with Crippen molar-refractivity contribution in [2.75, 3.05) is 11.9 Å². The van der Waals surface area contributed by atoms with Crippen molar-refractivity contribution >= 4 is 28.5 Å². The Balaban J connectivity index is 1.45. The molecule has 2 amide bonds. The number of nitrogens with two attached hydrogens (primary N) is 1. The summed E-state index contributed by atoms with van der Waals surface area (Å²) in [5.74, 6) is -0.532. The molecule has 31 heavy (non-hydrogen) atoms. The third kappa shape index (κ3) is 4.45. The van der Waals surface area contributed by atoms with Crippen molar-refractivity contribution in [2.24, 2.45) is 5.73 Å². The Bertz CT molecular complexity index is 1310. The molecule has 0 spiro atoms. The molecule has 3 N–H and O–H groups in total. The Kier molecular flexibility index (Phi) is 5.49. The SMILES string of the molecule is NC(=O)c1ccc(NC(=O)COc2ccc3c(=O)c(-c4ccccc4)coc3c2)cc1. The fourth-order valence-corrected chi connectivity index (χ4v) is 3.08. The first-order chi connectivity index (χ1) is 15.0. The number of carbonyl (C=O) groups is 2. The maximum Gasteiger partial charge on any atom is 0.262 e. The summed E-state index contributed by atoms with van der Waals surface area (Å²) in [6.45, 7) is -0.241. The predicted molar refractivity (Wildman–Crippen MR) is 117 cm³/mol. The normalized spacial score (nSPS) is 10.6. The number of anilines is 1. The summed E-state index contributed by atoms with van der Waals surface area (Å²) in [5, 5.41) is 3.08. The van der Waals surface area contributed by atoms with Crippen molar-refractivity contribution in [2.45, 2.75) is 0 Å². The molecule has 1 aromatic heterocycles. The fraction of sp³-hybridized carbons (Fsp3) is 0.0417. The maximum absolute atomic E-state index is 12.8. The average molecular weight is 414 g/mol. The lowest BCUT2D eigenvalue weighted by Crippen LogP contribution is -2.20. The van der Waals surface area contributed by atoms with E-state index in [4.69, 9.17) is 14.9 Å². The van der Waals surface area contributed by atoms with Crippen molar-refractivity contribution in [3.8, 4) is 16.9 Å². The highest BCUT2D eigenvalue weighted by Gasteiger charge is 2.11. The van der Waals surface area contributed by atoms with Crippen LogP contribution in [-0.2, 0) is 4.79 Å². The van der Waals surface area contributed by atoms with E-state index in [1.165, 1.54) is 18.4 Å². The van der Waals surface area contributed by atoms with Gasteiger partial charge in [0, 0.05) is 17.3 Å². The largest absolute Gasteiger partial charge is 0.484 e. The molecule has 0 radical (unpaired) electrons. The van der Waals surface area contributed by atoms with Crippen molar-refractivity contribution in [1.29, 1.82) is 0 Å². The van der Waals surface area contributed by atoms with Gasteiger partial charge >= 0.3 is 0 Å². The standard InChI is InChI=1S/C24H18N2O5/c25-24(29)16-6-8-17(9-7-16)26-22(27)14-30-18-10-11-19-21(12-18)31-13-20(23(19)28)15-4-2-1-3-5-15/h1-13H,14H2,(H2,25,29)(H,26,27). The monoisotopic (exact) mass is 414 g/mol. The number of carbonyl (C=O) groups excluding carboxylic acids is 2. The van der Waals surface area contributed by atoms with Crippen LogP contribution in [-0.4, -0.2) is 18.4 Å². The van der Waals surface area contributed by atoms with Crippen molar-refractivity contribution < 1.29 is 18.7 Å². The zero-order valence-electron chi connectivity index (χ0n) is 16.3. The quantitative estimate of drug-likeness (QED) is 0.501. The van der Waals surface area contributed by atoms with Gasteiger partial charge in [0.15, 0.2) is 12.0 Å². The zero-order valence-corrected chi connectivity index (χ0v) is 16.3. The van der Waals surface area contributed by atoms with Crippen molar-refractivity contribution in [1.82, 2.24) is 0 Å². The summed E-state index contributed by atoms with van der Waals surface area (Å²) in [5.41, 5.74) is 7.53. The first-order valence-corrected chi connectivity index (χ1v) is 9.45. The molecule has 3 aromatic carbocycles. The molecule has 4 aromatic rings. The van der Waals surface area contributed by atoms with Gasteiger partial charge in [-0.05, 0) is 42.0 Å². The molecule has 7 heteroatoms. The summed E-state index contributed by atoms with van der Waals surface area (Å²) in [7, 11) is 0. The molecule has 0 aliphatic carbocycles. The van der Waals surface area contributed by atoms with Crippen molar-refractivity contribution in [3.63, 3.8) is 0 Å². The molecule has 0 unspecified atom stereocenters. The summed E-state index contributed by atoms with van der Waals surface area (Å²) < 4.78 is 11.1. The number of hydrogen-bond acceptors (Lipinski definition) is 5. The molecule has 154 valence electrons. The minimum absolute atomic E-state index is 0.142. The van der Waals surface area contributed by atoms with Crippen LogP contribution in [0.2, 0.25) is 0 Å². The van der Waals surface area contributed by atoms with Gasteiger partial charge in [0.2, 0.25) is 5.91 Å². The first kappa shape index (κ1) is 19.9. The van der Waals surface area contributed by atoms with Crippen LogP contribution in [0.4, 0.5) is 5.69 Å². The van der Waals surface area contributed by atoms with Crippen molar-refractivity contribution in [3.05, 3.63) is 94.8 Å². The lowest BCUT2D eigenvalue weighted by atomic mass is 10.1. The molecule has 0 saturated carbocycles. The van der Waals surface area contributed by atoms with Gasteiger partial charge in [0.1, 0.15) is 17.6 Å². The van der Waals surface area contributed by atoms with E-state index in [0.29, 0.717) is 33.5 Å². The number of rotatable bonds is 6. The van der Waals surface area contributed by atoms with E-state index in [1.807, 2.05) is 30.3 Å². The van der Waals surface area contributed by atoms with Gasteiger partial charge in [-0.25, -0.2) is 0 Å².